The summed E-state index contributed by atoms with van der Waals surface area (Å²) in [5.74, 6) is -0.259. The second-order valence-corrected chi connectivity index (χ2v) is 6.76. The maximum absolute atomic E-state index is 12.8. The Morgan fingerprint density at radius 2 is 2.20 bits per heavy atom. The van der Waals surface area contributed by atoms with E-state index in [1.807, 2.05) is 13.1 Å². The van der Waals surface area contributed by atoms with E-state index in [9.17, 15) is 9.59 Å². The smallest absolute Gasteiger partial charge is 0.262 e. The molecule has 132 valence electrons. The summed E-state index contributed by atoms with van der Waals surface area (Å²) in [5.41, 5.74) is 1.33. The summed E-state index contributed by atoms with van der Waals surface area (Å²) in [6.07, 6.45) is 3.13. The molecule has 1 N–H and O–H groups in total. The van der Waals surface area contributed by atoms with E-state index in [1.54, 1.807) is 32.0 Å². The number of ether oxygens (including phenoxy) is 1. The first kappa shape index (κ1) is 17.3. The van der Waals surface area contributed by atoms with Crippen LogP contribution in [0.25, 0.3) is 10.2 Å². The zero-order valence-electron chi connectivity index (χ0n) is 14.4. The van der Waals surface area contributed by atoms with Crippen molar-refractivity contribution in [1.29, 1.82) is 0 Å². The Labute approximate surface area is 148 Å². The highest BCUT2D eigenvalue weighted by atomic mass is 32.1. The Bertz CT molecular complexity index is 987. The van der Waals surface area contributed by atoms with Gasteiger partial charge in [0.2, 0.25) is 0 Å². The van der Waals surface area contributed by atoms with Crippen LogP contribution in [0.2, 0.25) is 0 Å². The Hall–Kier alpha value is -2.52. The molecule has 0 saturated heterocycles. The Morgan fingerprint density at radius 1 is 1.44 bits per heavy atom. The van der Waals surface area contributed by atoms with E-state index in [1.165, 1.54) is 22.2 Å². The normalized spacial score (nSPS) is 12.5. The molecule has 0 aliphatic heterocycles. The fraction of sp³-hybridized carbons (Fsp3) is 0.375. The molecule has 3 heterocycles. The predicted octanol–water partition coefficient (Wildman–Crippen LogP) is 1.15. The number of nitrogens with one attached hydrogen (secondary N) is 1. The highest BCUT2D eigenvalue weighted by Crippen LogP contribution is 2.27. The second-order valence-electron chi connectivity index (χ2n) is 5.76. The molecule has 3 aromatic heterocycles. The minimum atomic E-state index is -0.342. The van der Waals surface area contributed by atoms with Gasteiger partial charge in [0.1, 0.15) is 4.83 Å². The molecule has 0 aromatic carbocycles. The van der Waals surface area contributed by atoms with E-state index < -0.39 is 0 Å². The predicted molar refractivity (Wildman–Crippen MR) is 94.9 cm³/mol. The maximum Gasteiger partial charge on any atom is 0.262 e. The molecule has 0 aliphatic rings. The van der Waals surface area contributed by atoms with E-state index in [0.29, 0.717) is 27.3 Å². The summed E-state index contributed by atoms with van der Waals surface area (Å²) in [6, 6.07) is 1.49. The highest BCUT2D eigenvalue weighted by Gasteiger charge is 2.23. The molecule has 0 spiro atoms. The van der Waals surface area contributed by atoms with Crippen molar-refractivity contribution in [3.8, 4) is 0 Å². The lowest BCUT2D eigenvalue weighted by molar-refractivity contribution is 0.0896. The second kappa shape index (κ2) is 6.77. The van der Waals surface area contributed by atoms with Crippen LogP contribution >= 0.6 is 11.3 Å². The van der Waals surface area contributed by atoms with Gasteiger partial charge in [0.25, 0.3) is 11.5 Å². The Balaban J connectivity index is 1.96. The van der Waals surface area contributed by atoms with Gasteiger partial charge >= 0.3 is 0 Å². The van der Waals surface area contributed by atoms with E-state index in [2.05, 4.69) is 15.4 Å². The van der Waals surface area contributed by atoms with E-state index in [-0.39, 0.29) is 17.5 Å². The van der Waals surface area contributed by atoms with Gasteiger partial charge in [-0.25, -0.2) is 4.98 Å². The molecule has 8 nitrogen and oxygen atoms in total. The van der Waals surface area contributed by atoms with Crippen molar-refractivity contribution >= 4 is 27.5 Å². The van der Waals surface area contributed by atoms with Crippen molar-refractivity contribution in [2.75, 3.05) is 13.7 Å². The van der Waals surface area contributed by atoms with Crippen LogP contribution in [0.3, 0.4) is 0 Å². The molecule has 1 atom stereocenters. The fourth-order valence-electron chi connectivity index (χ4n) is 2.74. The molecular formula is C16H19N5O3S. The van der Waals surface area contributed by atoms with Crippen molar-refractivity contribution in [3.63, 3.8) is 0 Å². The number of amides is 1. The van der Waals surface area contributed by atoms with Gasteiger partial charge < -0.3 is 14.6 Å². The zero-order chi connectivity index (χ0) is 18.1. The fourth-order valence-corrected chi connectivity index (χ4v) is 3.79. The third-order valence-corrected chi connectivity index (χ3v) is 5.27. The van der Waals surface area contributed by atoms with Crippen molar-refractivity contribution in [3.05, 3.63) is 45.1 Å². The Morgan fingerprint density at radius 3 is 2.84 bits per heavy atom. The first-order valence-corrected chi connectivity index (χ1v) is 8.48. The first-order chi connectivity index (χ1) is 11.9. The van der Waals surface area contributed by atoms with E-state index >= 15 is 0 Å². The lowest BCUT2D eigenvalue weighted by Gasteiger charge is -2.18. The minimum absolute atomic E-state index is 0.155. The van der Waals surface area contributed by atoms with Gasteiger partial charge in [0, 0.05) is 27.4 Å². The van der Waals surface area contributed by atoms with Gasteiger partial charge in [-0.15, -0.1) is 11.3 Å². The SMILES string of the molecule is COC[C@@H](NC(=O)c1sc2ncn(C)c(=O)c2c1C)c1ccnn1C. The third-order valence-electron chi connectivity index (χ3n) is 4.07. The summed E-state index contributed by atoms with van der Waals surface area (Å²) in [7, 11) is 5.03. The number of methoxy groups -OCH3 is 1. The van der Waals surface area contributed by atoms with Gasteiger partial charge in [-0.3, -0.25) is 14.3 Å². The standard InChI is InChI=1S/C16H19N5O3S/c1-9-12-15(17-8-20(2)16(12)23)25-13(9)14(22)19-10(7-24-4)11-5-6-18-21(11)3/h5-6,8,10H,7H2,1-4H3,(H,19,22)/t10-/m1/s1. The molecule has 0 bridgehead atoms. The number of thiophene rings is 1. The van der Waals surface area contributed by atoms with E-state index in [0.717, 1.165) is 5.69 Å². The van der Waals surface area contributed by atoms with Crippen LogP contribution in [-0.4, -0.2) is 39.0 Å². The number of hydrogen-bond donors (Lipinski definition) is 1. The Kier molecular flexibility index (Phi) is 4.69. The average molecular weight is 361 g/mol. The van der Waals surface area contributed by atoms with Crippen molar-refractivity contribution < 1.29 is 9.53 Å². The number of rotatable bonds is 5. The lowest BCUT2D eigenvalue weighted by atomic mass is 10.1. The van der Waals surface area contributed by atoms with Gasteiger partial charge in [0.15, 0.2) is 0 Å². The summed E-state index contributed by atoms with van der Waals surface area (Å²) >= 11 is 1.22. The molecule has 9 heteroatoms. The van der Waals surface area contributed by atoms with Crippen LogP contribution < -0.4 is 10.9 Å². The number of hydrogen-bond acceptors (Lipinski definition) is 6. The quantitative estimate of drug-likeness (QED) is 0.736. The molecule has 3 rings (SSSR count). The number of carbonyl (C=O) groups is 1. The van der Waals surface area contributed by atoms with Gasteiger partial charge in [-0.1, -0.05) is 0 Å². The largest absolute Gasteiger partial charge is 0.382 e. The maximum atomic E-state index is 12.8. The molecule has 0 unspecified atom stereocenters. The van der Waals surface area contributed by atoms with Crippen LogP contribution in [0.4, 0.5) is 0 Å². The number of aryl methyl sites for hydroxylation is 3. The minimum Gasteiger partial charge on any atom is -0.382 e. The van der Waals surface area contributed by atoms with Gasteiger partial charge in [0.05, 0.1) is 34.9 Å². The van der Waals surface area contributed by atoms with Gasteiger partial charge in [-0.05, 0) is 18.6 Å². The topological polar surface area (TPSA) is 91.0 Å². The number of aromatic nitrogens is 4. The monoisotopic (exact) mass is 361 g/mol. The summed E-state index contributed by atoms with van der Waals surface area (Å²) in [6.45, 7) is 2.08. The van der Waals surface area contributed by atoms with Crippen molar-refractivity contribution in [1.82, 2.24) is 24.6 Å². The molecule has 0 aliphatic carbocycles. The summed E-state index contributed by atoms with van der Waals surface area (Å²) in [5, 5.41) is 7.58. The molecule has 25 heavy (non-hydrogen) atoms. The molecule has 0 saturated carbocycles. The van der Waals surface area contributed by atoms with E-state index in [4.69, 9.17) is 4.74 Å². The molecule has 0 fully saturated rings. The van der Waals surface area contributed by atoms with Crippen molar-refractivity contribution in [2.24, 2.45) is 14.1 Å². The average Bonchev–Trinajstić information content (AvgIpc) is 3.14. The van der Waals surface area contributed by atoms with Crippen LogP contribution in [0.15, 0.2) is 23.4 Å². The molecular weight excluding hydrogens is 342 g/mol. The summed E-state index contributed by atoms with van der Waals surface area (Å²) < 4.78 is 8.33. The number of nitrogens with zero attached hydrogens (tertiary/aromatic N) is 4. The van der Waals surface area contributed by atoms with Crippen LogP contribution in [-0.2, 0) is 18.8 Å². The first-order valence-electron chi connectivity index (χ1n) is 7.66. The van der Waals surface area contributed by atoms with Crippen LogP contribution in [0.5, 0.6) is 0 Å². The number of carbonyl (C=O) groups excluding carboxylic acids is 1. The highest BCUT2D eigenvalue weighted by molar-refractivity contribution is 7.20. The number of fused-ring (bicyclic) bond motifs is 1. The third kappa shape index (κ3) is 3.08. The summed E-state index contributed by atoms with van der Waals surface area (Å²) in [4.78, 5) is 30.4. The van der Waals surface area contributed by atoms with Gasteiger partial charge in [-0.2, -0.15) is 5.10 Å². The zero-order valence-corrected chi connectivity index (χ0v) is 15.3. The lowest BCUT2D eigenvalue weighted by Crippen LogP contribution is -2.32. The van der Waals surface area contributed by atoms with Crippen LogP contribution in [0, 0.1) is 6.92 Å². The molecule has 0 radical (unpaired) electrons. The van der Waals surface area contributed by atoms with Crippen molar-refractivity contribution in [2.45, 2.75) is 13.0 Å². The molecule has 3 aromatic rings. The molecule has 1 amide bonds. The van der Waals surface area contributed by atoms with Crippen LogP contribution in [0.1, 0.15) is 27.0 Å².